The van der Waals surface area contributed by atoms with Crippen molar-refractivity contribution in [2.24, 2.45) is 0 Å². The molecule has 4 rings (SSSR count). The zero-order chi connectivity index (χ0) is 26.6. The largest absolute Gasteiger partial charge is 0.446 e. The molecule has 0 saturated heterocycles. The molecule has 0 aliphatic heterocycles. The van der Waals surface area contributed by atoms with Crippen LogP contribution in [0.25, 0.3) is 5.52 Å². The number of nitrogens with zero attached hydrogens (tertiary/aromatic N) is 3. The Morgan fingerprint density at radius 1 is 1.14 bits per heavy atom. The Morgan fingerprint density at radius 2 is 1.89 bits per heavy atom. The molecule has 0 aliphatic carbocycles. The number of aromatic nitrogens is 2. The highest BCUT2D eigenvalue weighted by molar-refractivity contribution is 6.30. The second-order valence-electron chi connectivity index (χ2n) is 9.43. The van der Waals surface area contributed by atoms with E-state index in [-0.39, 0.29) is 17.5 Å². The number of fused-ring (bicyclic) bond motifs is 1. The molecule has 0 aliphatic rings. The van der Waals surface area contributed by atoms with Crippen molar-refractivity contribution in [2.75, 3.05) is 0 Å². The summed E-state index contributed by atoms with van der Waals surface area (Å²) in [5, 5.41) is 17.2. The van der Waals surface area contributed by atoms with Crippen LogP contribution in [-0.4, -0.2) is 33.1 Å². The van der Waals surface area contributed by atoms with Gasteiger partial charge in [-0.25, -0.2) is 9.31 Å². The van der Waals surface area contributed by atoms with Crippen molar-refractivity contribution >= 4 is 29.0 Å². The maximum absolute atomic E-state index is 13.3. The number of ether oxygens (including phenoxy) is 1. The van der Waals surface area contributed by atoms with E-state index in [4.69, 9.17) is 16.3 Å². The van der Waals surface area contributed by atoms with Gasteiger partial charge in [-0.15, -0.1) is 0 Å². The molecular formula is C29H27ClN4O3. The molecule has 0 fully saturated rings. The maximum Gasteiger partial charge on any atom is 0.343 e. The lowest BCUT2D eigenvalue weighted by Crippen LogP contribution is -2.50. The summed E-state index contributed by atoms with van der Waals surface area (Å²) in [6.07, 6.45) is 3.77. The number of hydrogen-bond acceptors (Lipinski definition) is 5. The van der Waals surface area contributed by atoms with Crippen LogP contribution in [0.5, 0.6) is 0 Å². The fourth-order valence-corrected chi connectivity index (χ4v) is 4.33. The van der Waals surface area contributed by atoms with Gasteiger partial charge in [0.15, 0.2) is 5.60 Å². The summed E-state index contributed by atoms with van der Waals surface area (Å²) < 4.78 is 7.22. The summed E-state index contributed by atoms with van der Waals surface area (Å²) in [7, 11) is 0. The Balaban J connectivity index is 1.53. The number of benzene rings is 2. The van der Waals surface area contributed by atoms with Gasteiger partial charge in [0.1, 0.15) is 5.56 Å². The van der Waals surface area contributed by atoms with E-state index in [0.29, 0.717) is 22.5 Å². The minimum absolute atomic E-state index is 0.149. The van der Waals surface area contributed by atoms with Crippen LogP contribution in [0, 0.1) is 11.3 Å². The number of carbonyl (C=O) groups excluding carboxylic acids is 2. The molecule has 0 unspecified atom stereocenters. The van der Waals surface area contributed by atoms with Gasteiger partial charge in [-0.05, 0) is 74.7 Å². The Kier molecular flexibility index (Phi) is 7.61. The molecule has 0 radical (unpaired) electrons. The third kappa shape index (κ3) is 5.99. The van der Waals surface area contributed by atoms with Crippen molar-refractivity contribution < 1.29 is 14.3 Å². The van der Waals surface area contributed by atoms with Crippen molar-refractivity contribution in [3.05, 3.63) is 106 Å². The van der Waals surface area contributed by atoms with Crippen LogP contribution in [0.4, 0.5) is 0 Å². The van der Waals surface area contributed by atoms with Gasteiger partial charge in [0.2, 0.25) is 0 Å². The summed E-state index contributed by atoms with van der Waals surface area (Å²) in [6, 6.07) is 22.1. The van der Waals surface area contributed by atoms with Gasteiger partial charge >= 0.3 is 5.97 Å². The quantitative estimate of drug-likeness (QED) is 0.321. The van der Waals surface area contributed by atoms with Gasteiger partial charge in [0, 0.05) is 23.2 Å². The van der Waals surface area contributed by atoms with Gasteiger partial charge in [-0.3, -0.25) is 4.79 Å². The first kappa shape index (κ1) is 25.9. The fourth-order valence-electron chi connectivity index (χ4n) is 4.20. The van der Waals surface area contributed by atoms with E-state index in [1.807, 2.05) is 49.4 Å². The number of rotatable bonds is 8. The SMILES string of the molecule is C[C@H](NC(=O)C(C)(C)OC(=O)c1cnn2ccccc12)[C@@H](Cc1ccc(Cl)cc1)c1cccc(C#N)c1. The van der Waals surface area contributed by atoms with Crippen molar-refractivity contribution in [3.63, 3.8) is 0 Å². The minimum atomic E-state index is -1.44. The van der Waals surface area contributed by atoms with Crippen LogP contribution < -0.4 is 5.32 Å². The summed E-state index contributed by atoms with van der Waals surface area (Å²) in [4.78, 5) is 26.2. The molecule has 37 heavy (non-hydrogen) atoms. The Bertz CT molecular complexity index is 1470. The first-order valence-corrected chi connectivity index (χ1v) is 12.3. The van der Waals surface area contributed by atoms with Gasteiger partial charge in [0.25, 0.3) is 5.91 Å². The van der Waals surface area contributed by atoms with E-state index in [0.717, 1.165) is 11.1 Å². The predicted molar refractivity (Wildman–Crippen MR) is 141 cm³/mol. The first-order chi connectivity index (χ1) is 17.7. The molecular weight excluding hydrogens is 488 g/mol. The van der Waals surface area contributed by atoms with Gasteiger partial charge in [0.05, 0.1) is 23.3 Å². The van der Waals surface area contributed by atoms with Crippen molar-refractivity contribution in [1.82, 2.24) is 14.9 Å². The molecule has 1 N–H and O–H groups in total. The van der Waals surface area contributed by atoms with E-state index in [1.54, 1.807) is 48.8 Å². The molecule has 1 amide bonds. The molecule has 0 saturated carbocycles. The average Bonchev–Trinajstić information content (AvgIpc) is 3.32. The number of pyridine rings is 1. The Morgan fingerprint density at radius 3 is 2.62 bits per heavy atom. The van der Waals surface area contributed by atoms with Gasteiger partial charge < -0.3 is 10.1 Å². The smallest absolute Gasteiger partial charge is 0.343 e. The highest BCUT2D eigenvalue weighted by Crippen LogP contribution is 2.27. The summed E-state index contributed by atoms with van der Waals surface area (Å²) >= 11 is 6.06. The lowest BCUT2D eigenvalue weighted by atomic mass is 9.85. The van der Waals surface area contributed by atoms with E-state index in [9.17, 15) is 14.9 Å². The molecule has 188 valence electrons. The maximum atomic E-state index is 13.3. The molecule has 2 aromatic heterocycles. The summed E-state index contributed by atoms with van der Waals surface area (Å²) in [6.45, 7) is 5.02. The number of carbonyl (C=O) groups is 2. The third-order valence-electron chi connectivity index (χ3n) is 6.32. The molecule has 4 aromatic rings. The molecule has 7 nitrogen and oxygen atoms in total. The molecule has 0 spiro atoms. The van der Waals surface area contributed by atoms with Gasteiger partial charge in [-0.1, -0.05) is 41.9 Å². The van der Waals surface area contributed by atoms with E-state index >= 15 is 0 Å². The standard InChI is InChI=1S/C29H27ClN4O3/c1-19(24(16-20-10-12-23(30)13-11-20)22-8-6-7-21(15-22)17-31)33-28(36)29(2,3)37-27(35)25-18-32-34-14-5-4-9-26(25)34/h4-15,18-19,24H,16H2,1-3H3,(H,33,36)/t19-,24+/m0/s1. The zero-order valence-corrected chi connectivity index (χ0v) is 21.6. The Hall–Kier alpha value is -4.15. The second-order valence-corrected chi connectivity index (χ2v) is 9.86. The number of nitrogens with one attached hydrogen (secondary N) is 1. The van der Waals surface area contributed by atoms with Crippen molar-refractivity contribution in [3.8, 4) is 6.07 Å². The average molecular weight is 515 g/mol. The van der Waals surface area contributed by atoms with Gasteiger partial charge in [-0.2, -0.15) is 10.4 Å². The molecule has 0 bridgehead atoms. The van der Waals surface area contributed by atoms with Crippen LogP contribution in [0.1, 0.15) is 53.7 Å². The summed E-state index contributed by atoms with van der Waals surface area (Å²) in [5.41, 5.74) is 1.94. The number of hydrogen-bond donors (Lipinski definition) is 1. The number of nitriles is 1. The highest BCUT2D eigenvalue weighted by atomic mass is 35.5. The van der Waals surface area contributed by atoms with Crippen LogP contribution in [0.15, 0.2) is 79.1 Å². The fraction of sp³-hybridized carbons (Fsp3) is 0.241. The lowest BCUT2D eigenvalue weighted by Gasteiger charge is -2.30. The topological polar surface area (TPSA) is 96.5 Å². The zero-order valence-electron chi connectivity index (χ0n) is 20.8. The van der Waals surface area contributed by atoms with E-state index < -0.39 is 17.5 Å². The van der Waals surface area contributed by atoms with E-state index in [1.165, 1.54) is 6.20 Å². The number of esters is 1. The highest BCUT2D eigenvalue weighted by Gasteiger charge is 2.35. The van der Waals surface area contributed by atoms with Crippen LogP contribution in [0.2, 0.25) is 5.02 Å². The third-order valence-corrected chi connectivity index (χ3v) is 6.57. The lowest BCUT2D eigenvalue weighted by molar-refractivity contribution is -0.138. The van der Waals surface area contributed by atoms with Crippen LogP contribution in [-0.2, 0) is 16.0 Å². The monoisotopic (exact) mass is 514 g/mol. The Labute approximate surface area is 220 Å². The van der Waals surface area contributed by atoms with E-state index in [2.05, 4.69) is 16.5 Å². The van der Waals surface area contributed by atoms with Crippen molar-refractivity contribution in [1.29, 1.82) is 5.26 Å². The first-order valence-electron chi connectivity index (χ1n) is 11.9. The van der Waals surface area contributed by atoms with Crippen LogP contribution in [0.3, 0.4) is 0 Å². The minimum Gasteiger partial charge on any atom is -0.446 e. The van der Waals surface area contributed by atoms with Crippen molar-refractivity contribution in [2.45, 2.75) is 44.8 Å². The molecule has 8 heteroatoms. The summed E-state index contributed by atoms with van der Waals surface area (Å²) in [5.74, 6) is -1.21. The molecule has 2 atom stereocenters. The second kappa shape index (κ2) is 10.9. The number of amides is 1. The van der Waals surface area contributed by atoms with Crippen LogP contribution >= 0.6 is 11.6 Å². The normalized spacial score (nSPS) is 12.9. The molecule has 2 aromatic carbocycles. The number of halogens is 1. The predicted octanol–water partition coefficient (Wildman–Crippen LogP) is 5.33. The molecule has 2 heterocycles.